The highest BCUT2D eigenvalue weighted by molar-refractivity contribution is 5.60. The lowest BCUT2D eigenvalue weighted by molar-refractivity contribution is -0.108. The number of nitrogens with two attached hydrogens (primary N) is 2. The molecule has 0 unspecified atom stereocenters. The van der Waals surface area contributed by atoms with Crippen molar-refractivity contribution in [3.8, 4) is 0 Å². The molecule has 0 aromatic carbocycles. The van der Waals surface area contributed by atoms with Crippen LogP contribution in [0.2, 0.25) is 0 Å². The fourth-order valence-corrected chi connectivity index (χ4v) is 2.77. The molecule has 0 radical (unpaired) electrons. The molecule has 6 N–H and O–H groups in total. The second kappa shape index (κ2) is 5.51. The van der Waals surface area contributed by atoms with Gasteiger partial charge in [0.2, 0.25) is 5.95 Å². The molecule has 1 aliphatic rings. The number of rotatable bonds is 4. The zero-order valence-electron chi connectivity index (χ0n) is 11.9. The summed E-state index contributed by atoms with van der Waals surface area (Å²) in [5.41, 5.74) is 9.60. The van der Waals surface area contributed by atoms with Gasteiger partial charge in [-0.15, -0.1) is 5.10 Å². The Bertz CT molecular complexity index is 728. The van der Waals surface area contributed by atoms with Crippen LogP contribution in [0.25, 0.3) is 5.65 Å². The maximum atomic E-state index is 14.5. The summed E-state index contributed by atoms with van der Waals surface area (Å²) in [4.78, 5) is 7.70. The van der Waals surface area contributed by atoms with E-state index in [0.29, 0.717) is 0 Å². The van der Waals surface area contributed by atoms with Gasteiger partial charge < -0.3 is 26.4 Å². The molecule has 1 fully saturated rings. The third-order valence-corrected chi connectivity index (χ3v) is 3.98. The molecule has 3 heterocycles. The first-order valence-corrected chi connectivity index (χ1v) is 6.87. The Balaban J connectivity index is 2.06. The molecule has 1 saturated heterocycles. The fraction of sp³-hybridized carbons (Fsp3) is 0.583. The summed E-state index contributed by atoms with van der Waals surface area (Å²) in [6.45, 7) is -1.61. The zero-order valence-corrected chi connectivity index (χ0v) is 11.9. The lowest BCUT2D eigenvalue weighted by atomic mass is 9.93. The van der Waals surface area contributed by atoms with Crippen LogP contribution in [0.1, 0.15) is 18.2 Å². The smallest absolute Gasteiger partial charge is 0.240 e. The van der Waals surface area contributed by atoms with Crippen LogP contribution in [0, 0.1) is 0 Å². The first kappa shape index (κ1) is 15.8. The van der Waals surface area contributed by atoms with Crippen molar-refractivity contribution in [2.45, 2.75) is 30.4 Å². The van der Waals surface area contributed by atoms with Gasteiger partial charge in [0.15, 0.2) is 17.6 Å². The Morgan fingerprint density at radius 1 is 1.43 bits per heavy atom. The highest BCUT2D eigenvalue weighted by Gasteiger charge is 2.56. The molecule has 1 aliphatic heterocycles. The average molecular weight is 330 g/mol. The predicted molar refractivity (Wildman–Crippen MR) is 74.7 cm³/mol. The van der Waals surface area contributed by atoms with Gasteiger partial charge in [0.1, 0.15) is 24.5 Å². The van der Waals surface area contributed by atoms with Crippen molar-refractivity contribution in [2.75, 3.05) is 24.7 Å². The minimum atomic E-state index is -1.94. The van der Waals surface area contributed by atoms with Crippen molar-refractivity contribution in [1.82, 2.24) is 19.6 Å². The normalized spacial score (nSPS) is 31.0. The Hall–Kier alpha value is -2.11. The number of anilines is 2. The first-order chi connectivity index (χ1) is 10.9. The van der Waals surface area contributed by atoms with Crippen LogP contribution in [-0.4, -0.2) is 61.0 Å². The van der Waals surface area contributed by atoms with E-state index in [1.54, 1.807) is 0 Å². The number of nitrogen functional groups attached to an aromatic ring is 2. The number of fused-ring (bicyclic) bond motifs is 1. The summed E-state index contributed by atoms with van der Waals surface area (Å²) in [6, 6.07) is 0. The predicted octanol–water partition coefficient (Wildman–Crippen LogP) is -0.850. The van der Waals surface area contributed by atoms with E-state index in [9.17, 15) is 13.9 Å². The minimum absolute atomic E-state index is 0.00943. The molecule has 0 aliphatic carbocycles. The molecule has 0 spiro atoms. The van der Waals surface area contributed by atoms with E-state index < -0.39 is 37.3 Å². The van der Waals surface area contributed by atoms with Crippen LogP contribution >= 0.6 is 0 Å². The molecule has 23 heavy (non-hydrogen) atoms. The number of nitrogens with zero attached hydrogens (tertiary/aromatic N) is 4. The van der Waals surface area contributed by atoms with E-state index in [0.717, 1.165) is 4.52 Å². The number of halogens is 2. The van der Waals surface area contributed by atoms with Crippen LogP contribution in [0.4, 0.5) is 20.5 Å². The van der Waals surface area contributed by atoms with Gasteiger partial charge in [0.25, 0.3) is 0 Å². The molecular formula is C12H16F2N6O3. The van der Waals surface area contributed by atoms with Crippen molar-refractivity contribution in [2.24, 2.45) is 0 Å². The molecule has 0 saturated carbocycles. The monoisotopic (exact) mass is 330 g/mol. The van der Waals surface area contributed by atoms with E-state index in [1.165, 1.54) is 6.20 Å². The molecular weight excluding hydrogens is 314 g/mol. The second-order valence-electron chi connectivity index (χ2n) is 5.37. The third kappa shape index (κ3) is 2.28. The number of ether oxygens (including phenoxy) is 1. The topological polar surface area (TPSA) is 145 Å². The van der Waals surface area contributed by atoms with Crippen LogP contribution in [0.5, 0.6) is 0 Å². The number of alkyl halides is 2. The first-order valence-electron chi connectivity index (χ1n) is 6.87. The van der Waals surface area contributed by atoms with Crippen molar-refractivity contribution >= 4 is 17.4 Å². The van der Waals surface area contributed by atoms with Gasteiger partial charge in [-0.25, -0.2) is 18.3 Å². The highest BCUT2D eigenvalue weighted by Crippen LogP contribution is 2.44. The fourth-order valence-electron chi connectivity index (χ4n) is 2.77. The molecule has 0 amide bonds. The summed E-state index contributed by atoms with van der Waals surface area (Å²) in [5, 5.41) is 23.0. The van der Waals surface area contributed by atoms with Crippen LogP contribution in [0.3, 0.4) is 0 Å². The maximum absolute atomic E-state index is 14.5. The van der Waals surface area contributed by atoms with Gasteiger partial charge in [0.05, 0.1) is 11.9 Å². The summed E-state index contributed by atoms with van der Waals surface area (Å²) in [5.74, 6) is -0.167. The summed E-state index contributed by atoms with van der Waals surface area (Å²) < 4.78 is 34.5. The van der Waals surface area contributed by atoms with Crippen molar-refractivity contribution < 1.29 is 23.7 Å². The summed E-state index contributed by atoms with van der Waals surface area (Å²) >= 11 is 0. The molecule has 2 aromatic rings. The van der Waals surface area contributed by atoms with Gasteiger partial charge >= 0.3 is 0 Å². The number of aromatic nitrogens is 4. The van der Waals surface area contributed by atoms with E-state index in [1.807, 2.05) is 0 Å². The Morgan fingerprint density at radius 3 is 2.83 bits per heavy atom. The van der Waals surface area contributed by atoms with Gasteiger partial charge in [-0.1, -0.05) is 0 Å². The Labute approximate surface area is 128 Å². The molecule has 9 nitrogen and oxygen atoms in total. The average Bonchev–Trinajstić information content (AvgIpc) is 3.03. The number of aliphatic hydroxyl groups excluding tert-OH is 2. The Morgan fingerprint density at radius 2 is 2.17 bits per heavy atom. The van der Waals surface area contributed by atoms with Gasteiger partial charge in [0, 0.05) is 13.0 Å². The SMILES string of the molecule is Nc1nc(N)c2ncc([C@@H]3O[C@](CF)(CCO)[C@@H](O)[C@H]3F)n2n1. The highest BCUT2D eigenvalue weighted by atomic mass is 19.1. The standard InChI is InChI=1S/C12H16F2N6O3/c13-4-12(1-2-21)8(22)6(14)7(23-12)5-3-17-10-9(15)18-11(16)19-20(5)10/h3,6-8,21-22H,1-2,4H2,(H4,15,16,18,19)/t6-,7-,8-,12-/m0/s1. The molecule has 0 bridgehead atoms. The van der Waals surface area contributed by atoms with Gasteiger partial charge in [-0.05, 0) is 0 Å². The number of imidazole rings is 1. The molecule has 126 valence electrons. The van der Waals surface area contributed by atoms with Crippen LogP contribution < -0.4 is 11.5 Å². The Kier molecular flexibility index (Phi) is 3.78. The van der Waals surface area contributed by atoms with Crippen molar-refractivity contribution in [3.05, 3.63) is 11.9 Å². The third-order valence-electron chi connectivity index (χ3n) is 3.98. The number of hydrogen-bond donors (Lipinski definition) is 4. The zero-order chi connectivity index (χ0) is 16.8. The minimum Gasteiger partial charge on any atom is -0.396 e. The van der Waals surface area contributed by atoms with E-state index >= 15 is 0 Å². The second-order valence-corrected chi connectivity index (χ2v) is 5.37. The molecule has 3 rings (SSSR count). The molecule has 4 atom stereocenters. The van der Waals surface area contributed by atoms with E-state index in [2.05, 4.69) is 15.1 Å². The maximum Gasteiger partial charge on any atom is 0.240 e. The molecule has 11 heteroatoms. The molecule has 2 aromatic heterocycles. The lowest BCUT2D eigenvalue weighted by Crippen LogP contribution is -2.45. The van der Waals surface area contributed by atoms with E-state index in [4.69, 9.17) is 21.3 Å². The van der Waals surface area contributed by atoms with Crippen LogP contribution in [-0.2, 0) is 4.74 Å². The van der Waals surface area contributed by atoms with Gasteiger partial charge in [-0.2, -0.15) is 4.98 Å². The summed E-state index contributed by atoms with van der Waals surface area (Å²) in [7, 11) is 0. The number of aliphatic hydroxyl groups is 2. The largest absolute Gasteiger partial charge is 0.396 e. The van der Waals surface area contributed by atoms with Crippen molar-refractivity contribution in [3.63, 3.8) is 0 Å². The van der Waals surface area contributed by atoms with E-state index in [-0.39, 0.29) is 29.5 Å². The quantitative estimate of drug-likeness (QED) is 0.567. The van der Waals surface area contributed by atoms with Crippen LogP contribution in [0.15, 0.2) is 6.20 Å². The lowest BCUT2D eigenvalue weighted by Gasteiger charge is -2.27. The number of hydrogen-bond acceptors (Lipinski definition) is 8. The summed E-state index contributed by atoms with van der Waals surface area (Å²) in [6.07, 6.45) is -4.02. The van der Waals surface area contributed by atoms with Gasteiger partial charge in [-0.3, -0.25) is 0 Å². The van der Waals surface area contributed by atoms with Crippen molar-refractivity contribution in [1.29, 1.82) is 0 Å².